The monoisotopic (exact) mass is 477 g/mol. The molecule has 1 aliphatic rings. The second kappa shape index (κ2) is 10.3. The largest absolute Gasteiger partial charge is 0.493 e. The number of amides is 1. The highest BCUT2D eigenvalue weighted by molar-refractivity contribution is 5.68. The Balaban J connectivity index is 1.57. The predicted octanol–water partition coefficient (Wildman–Crippen LogP) is 5.83. The number of aliphatic hydroxyl groups excluding tert-OH is 1. The van der Waals surface area contributed by atoms with Crippen molar-refractivity contribution in [3.63, 3.8) is 0 Å². The summed E-state index contributed by atoms with van der Waals surface area (Å²) >= 11 is 0. The molecule has 3 atom stereocenters. The smallest absolute Gasteiger partial charge is 0.409 e. The standard InChI is InChI=1S/C28H31NO6/c1-19(30)28(2)18-29(27(31)33-4)17-24(28)20-10-15-25(32-3)26(16-20)35-23-13-11-22(12-14-23)34-21-8-6-5-7-9-21/h5-16,19,24,30H,17-18H2,1-4H3. The molecule has 1 amide bonds. The van der Waals surface area contributed by atoms with Crippen molar-refractivity contribution < 1.29 is 28.8 Å². The second-order valence-corrected chi connectivity index (χ2v) is 8.98. The van der Waals surface area contributed by atoms with E-state index in [4.69, 9.17) is 18.9 Å². The summed E-state index contributed by atoms with van der Waals surface area (Å²) in [5.41, 5.74) is 0.399. The third-order valence-corrected chi connectivity index (χ3v) is 6.74. The molecule has 0 bridgehead atoms. The number of hydrogen-bond donors (Lipinski definition) is 1. The molecule has 35 heavy (non-hydrogen) atoms. The van der Waals surface area contributed by atoms with Crippen molar-refractivity contribution >= 4 is 6.09 Å². The highest BCUT2D eigenvalue weighted by Gasteiger charge is 2.48. The van der Waals surface area contributed by atoms with Gasteiger partial charge in [0.2, 0.25) is 0 Å². The van der Waals surface area contributed by atoms with Crippen molar-refractivity contribution in [2.45, 2.75) is 25.9 Å². The van der Waals surface area contributed by atoms with E-state index in [0.717, 1.165) is 11.3 Å². The van der Waals surface area contributed by atoms with E-state index in [9.17, 15) is 9.90 Å². The minimum absolute atomic E-state index is 0.114. The quantitative estimate of drug-likeness (QED) is 0.461. The average Bonchev–Trinajstić information content (AvgIpc) is 3.24. The van der Waals surface area contributed by atoms with Gasteiger partial charge in [0, 0.05) is 24.4 Å². The number of nitrogens with zero attached hydrogens (tertiary/aromatic N) is 1. The van der Waals surface area contributed by atoms with E-state index in [1.807, 2.05) is 79.7 Å². The number of likely N-dealkylation sites (tertiary alicyclic amines) is 1. The Hall–Kier alpha value is -3.71. The first-order valence-corrected chi connectivity index (χ1v) is 11.5. The van der Waals surface area contributed by atoms with Crippen LogP contribution in [0.25, 0.3) is 0 Å². The number of hydrogen-bond acceptors (Lipinski definition) is 6. The van der Waals surface area contributed by atoms with Crippen LogP contribution in [-0.4, -0.2) is 49.5 Å². The fourth-order valence-electron chi connectivity index (χ4n) is 4.51. The van der Waals surface area contributed by atoms with Crippen LogP contribution in [0.15, 0.2) is 72.8 Å². The first kappa shape index (κ1) is 24.4. The Morgan fingerprint density at radius 2 is 1.57 bits per heavy atom. The summed E-state index contributed by atoms with van der Waals surface area (Å²) in [5.74, 6) is 3.10. The third kappa shape index (κ3) is 5.20. The highest BCUT2D eigenvalue weighted by atomic mass is 16.5. The molecule has 0 aliphatic carbocycles. The Morgan fingerprint density at radius 3 is 2.17 bits per heavy atom. The van der Waals surface area contributed by atoms with E-state index in [2.05, 4.69) is 0 Å². The fourth-order valence-corrected chi connectivity index (χ4v) is 4.51. The summed E-state index contributed by atoms with van der Waals surface area (Å²) in [6, 6.07) is 22.6. The molecule has 1 N–H and O–H groups in total. The van der Waals surface area contributed by atoms with Gasteiger partial charge in [-0.25, -0.2) is 4.79 Å². The number of carbonyl (C=O) groups is 1. The molecule has 1 fully saturated rings. The Labute approximate surface area is 205 Å². The Kier molecular flexibility index (Phi) is 7.17. The summed E-state index contributed by atoms with van der Waals surface area (Å²) in [4.78, 5) is 13.9. The van der Waals surface area contributed by atoms with Gasteiger partial charge in [0.25, 0.3) is 0 Å². The van der Waals surface area contributed by atoms with E-state index in [1.165, 1.54) is 7.11 Å². The van der Waals surface area contributed by atoms with Gasteiger partial charge in [-0.3, -0.25) is 0 Å². The van der Waals surface area contributed by atoms with Crippen LogP contribution < -0.4 is 14.2 Å². The van der Waals surface area contributed by atoms with Crippen LogP contribution in [0.5, 0.6) is 28.7 Å². The molecule has 0 spiro atoms. The Bertz CT molecular complexity index is 1150. The van der Waals surface area contributed by atoms with Crippen molar-refractivity contribution in [1.82, 2.24) is 4.90 Å². The molecule has 7 heteroatoms. The summed E-state index contributed by atoms with van der Waals surface area (Å²) < 4.78 is 22.5. The summed E-state index contributed by atoms with van der Waals surface area (Å²) in [6.45, 7) is 4.58. The molecule has 184 valence electrons. The molecular weight excluding hydrogens is 446 g/mol. The molecule has 3 unspecified atom stereocenters. The van der Waals surface area contributed by atoms with Crippen LogP contribution in [0.4, 0.5) is 4.79 Å². The molecule has 0 radical (unpaired) electrons. The highest BCUT2D eigenvalue weighted by Crippen LogP contribution is 2.47. The number of rotatable bonds is 7. The lowest BCUT2D eigenvalue weighted by atomic mass is 9.72. The number of carbonyl (C=O) groups excluding carboxylic acids is 1. The maximum atomic E-state index is 12.2. The molecule has 4 rings (SSSR count). The number of ether oxygens (including phenoxy) is 4. The predicted molar refractivity (Wildman–Crippen MR) is 133 cm³/mol. The molecule has 3 aromatic rings. The van der Waals surface area contributed by atoms with E-state index in [-0.39, 0.29) is 5.92 Å². The molecule has 3 aromatic carbocycles. The molecule has 1 saturated heterocycles. The maximum Gasteiger partial charge on any atom is 0.409 e. The zero-order chi connectivity index (χ0) is 25.0. The van der Waals surface area contributed by atoms with Gasteiger partial charge in [-0.1, -0.05) is 31.2 Å². The van der Waals surface area contributed by atoms with Crippen LogP contribution in [0, 0.1) is 5.41 Å². The van der Waals surface area contributed by atoms with Crippen molar-refractivity contribution in [1.29, 1.82) is 0 Å². The van der Waals surface area contributed by atoms with E-state index < -0.39 is 17.6 Å². The SMILES string of the molecule is COC(=O)N1CC(c2ccc(OC)c(Oc3ccc(Oc4ccccc4)cc3)c2)C(C)(C(C)O)C1. The van der Waals surface area contributed by atoms with E-state index in [0.29, 0.717) is 36.1 Å². The number of para-hydroxylation sites is 1. The van der Waals surface area contributed by atoms with Gasteiger partial charge in [-0.2, -0.15) is 0 Å². The molecule has 0 aromatic heterocycles. The van der Waals surface area contributed by atoms with Crippen molar-refractivity contribution in [3.8, 4) is 28.7 Å². The minimum Gasteiger partial charge on any atom is -0.493 e. The molecule has 0 saturated carbocycles. The molecule has 7 nitrogen and oxygen atoms in total. The van der Waals surface area contributed by atoms with Gasteiger partial charge in [-0.15, -0.1) is 0 Å². The van der Waals surface area contributed by atoms with Crippen LogP contribution >= 0.6 is 0 Å². The zero-order valence-electron chi connectivity index (χ0n) is 20.4. The van der Waals surface area contributed by atoms with Crippen LogP contribution in [0.2, 0.25) is 0 Å². The summed E-state index contributed by atoms with van der Waals surface area (Å²) in [6.07, 6.45) is -1.03. The maximum absolute atomic E-state index is 12.2. The summed E-state index contributed by atoms with van der Waals surface area (Å²) in [5, 5.41) is 10.6. The normalized spacial score (nSPS) is 20.3. The molecule has 1 aliphatic heterocycles. The van der Waals surface area contributed by atoms with Crippen LogP contribution in [0.1, 0.15) is 25.3 Å². The first-order chi connectivity index (χ1) is 16.8. The Morgan fingerprint density at radius 1 is 0.943 bits per heavy atom. The zero-order valence-corrected chi connectivity index (χ0v) is 20.4. The third-order valence-electron chi connectivity index (χ3n) is 6.74. The summed E-state index contributed by atoms with van der Waals surface area (Å²) in [7, 11) is 2.96. The van der Waals surface area contributed by atoms with Crippen LogP contribution in [-0.2, 0) is 4.74 Å². The average molecular weight is 478 g/mol. The lowest BCUT2D eigenvalue weighted by Crippen LogP contribution is -2.38. The molecule has 1 heterocycles. The number of benzene rings is 3. The van der Waals surface area contributed by atoms with Crippen molar-refractivity contribution in [2.24, 2.45) is 5.41 Å². The van der Waals surface area contributed by atoms with Gasteiger partial charge in [0.05, 0.1) is 20.3 Å². The number of methoxy groups -OCH3 is 2. The topological polar surface area (TPSA) is 77.5 Å². The fraction of sp³-hybridized carbons (Fsp3) is 0.321. The van der Waals surface area contributed by atoms with Gasteiger partial charge in [0.1, 0.15) is 17.2 Å². The molecular formula is C28H31NO6. The van der Waals surface area contributed by atoms with Crippen LogP contribution in [0.3, 0.4) is 0 Å². The van der Waals surface area contributed by atoms with Crippen molar-refractivity contribution in [3.05, 3.63) is 78.4 Å². The minimum atomic E-state index is -0.634. The van der Waals surface area contributed by atoms with Gasteiger partial charge >= 0.3 is 6.09 Å². The first-order valence-electron chi connectivity index (χ1n) is 11.5. The van der Waals surface area contributed by atoms with E-state index >= 15 is 0 Å². The lowest BCUT2D eigenvalue weighted by molar-refractivity contribution is 0.0470. The lowest BCUT2D eigenvalue weighted by Gasteiger charge is -2.33. The van der Waals surface area contributed by atoms with Gasteiger partial charge < -0.3 is 29.0 Å². The van der Waals surface area contributed by atoms with Gasteiger partial charge in [0.15, 0.2) is 11.5 Å². The number of aliphatic hydroxyl groups is 1. The van der Waals surface area contributed by atoms with Crippen molar-refractivity contribution in [2.75, 3.05) is 27.3 Å². The second-order valence-electron chi connectivity index (χ2n) is 8.98. The van der Waals surface area contributed by atoms with E-state index in [1.54, 1.807) is 18.9 Å². The van der Waals surface area contributed by atoms with Gasteiger partial charge in [-0.05, 0) is 61.0 Å².